The van der Waals surface area contributed by atoms with Gasteiger partial charge in [-0.2, -0.15) is 4.98 Å². The van der Waals surface area contributed by atoms with Gasteiger partial charge in [-0.1, -0.05) is 17.3 Å². The summed E-state index contributed by atoms with van der Waals surface area (Å²) < 4.78 is 17.9. The number of rotatable bonds is 2. The van der Waals surface area contributed by atoms with Gasteiger partial charge in [0.1, 0.15) is 5.82 Å². The van der Waals surface area contributed by atoms with E-state index in [2.05, 4.69) is 14.7 Å². The lowest BCUT2D eigenvalue weighted by molar-refractivity contribution is 0.0910. The molecule has 0 fully saturated rings. The van der Waals surface area contributed by atoms with Crippen molar-refractivity contribution in [2.45, 2.75) is 0 Å². The molecular formula is C9H7FN4O2. The number of aromatic nitrogens is 2. The molecule has 0 saturated carbocycles. The summed E-state index contributed by atoms with van der Waals surface area (Å²) in [6.07, 6.45) is 0. The van der Waals surface area contributed by atoms with Gasteiger partial charge < -0.3 is 4.52 Å². The Hall–Kier alpha value is -2.28. The molecule has 82 valence electrons. The second-order valence-electron chi connectivity index (χ2n) is 2.88. The van der Waals surface area contributed by atoms with Crippen LogP contribution in [-0.2, 0) is 0 Å². The van der Waals surface area contributed by atoms with E-state index < -0.39 is 11.7 Å². The van der Waals surface area contributed by atoms with E-state index >= 15 is 0 Å². The average Bonchev–Trinajstić information content (AvgIpc) is 2.78. The number of nitrogens with two attached hydrogens (primary N) is 1. The van der Waals surface area contributed by atoms with E-state index in [1.54, 1.807) is 6.07 Å². The van der Waals surface area contributed by atoms with Crippen molar-refractivity contribution >= 4 is 5.91 Å². The maximum Gasteiger partial charge on any atom is 0.323 e. The molecule has 7 heteroatoms. The van der Waals surface area contributed by atoms with E-state index in [1.807, 2.05) is 5.43 Å². The summed E-state index contributed by atoms with van der Waals surface area (Å²) in [5.74, 6) is 3.33. The van der Waals surface area contributed by atoms with Crippen LogP contribution in [0.1, 0.15) is 10.7 Å². The van der Waals surface area contributed by atoms with Crippen molar-refractivity contribution in [1.82, 2.24) is 15.6 Å². The van der Waals surface area contributed by atoms with Crippen LogP contribution < -0.4 is 11.3 Å². The predicted octanol–water partition coefficient (Wildman–Crippen LogP) is 0.479. The van der Waals surface area contributed by atoms with Crippen molar-refractivity contribution in [2.75, 3.05) is 0 Å². The smallest absolute Gasteiger partial charge is 0.323 e. The Morgan fingerprint density at radius 2 is 2.19 bits per heavy atom. The molecule has 0 aliphatic heterocycles. The summed E-state index contributed by atoms with van der Waals surface area (Å²) in [6, 6.07) is 5.89. The lowest BCUT2D eigenvalue weighted by atomic mass is 10.2. The number of nitrogens with zero attached hydrogens (tertiary/aromatic N) is 2. The summed E-state index contributed by atoms with van der Waals surface area (Å²) in [7, 11) is 0. The molecule has 16 heavy (non-hydrogen) atoms. The van der Waals surface area contributed by atoms with Crippen LogP contribution >= 0.6 is 0 Å². The lowest BCUT2D eigenvalue weighted by Gasteiger charge is -1.94. The van der Waals surface area contributed by atoms with Crippen LogP contribution in [0.15, 0.2) is 28.8 Å². The van der Waals surface area contributed by atoms with Gasteiger partial charge >= 0.3 is 11.8 Å². The van der Waals surface area contributed by atoms with Crippen LogP contribution in [0.3, 0.4) is 0 Å². The molecule has 0 saturated heterocycles. The van der Waals surface area contributed by atoms with Gasteiger partial charge in [-0.05, 0) is 12.1 Å². The van der Waals surface area contributed by atoms with Gasteiger partial charge in [0, 0.05) is 0 Å². The predicted molar refractivity (Wildman–Crippen MR) is 51.3 cm³/mol. The largest absolute Gasteiger partial charge is 0.328 e. The molecule has 0 spiro atoms. The third kappa shape index (κ3) is 1.75. The van der Waals surface area contributed by atoms with Gasteiger partial charge in [-0.15, -0.1) is 0 Å². The summed E-state index contributed by atoms with van der Waals surface area (Å²) in [4.78, 5) is 14.7. The minimum atomic E-state index is -0.727. The van der Waals surface area contributed by atoms with Crippen LogP contribution in [0.5, 0.6) is 0 Å². The lowest BCUT2D eigenvalue weighted by Crippen LogP contribution is -2.30. The number of halogens is 1. The zero-order valence-electron chi connectivity index (χ0n) is 7.98. The summed E-state index contributed by atoms with van der Waals surface area (Å²) in [6.45, 7) is 0. The molecule has 0 aliphatic rings. The molecule has 1 heterocycles. The maximum absolute atomic E-state index is 13.3. The Labute approximate surface area is 89.2 Å². The molecule has 0 aliphatic carbocycles. The van der Waals surface area contributed by atoms with E-state index in [0.717, 1.165) is 0 Å². The maximum atomic E-state index is 13.3. The van der Waals surface area contributed by atoms with Gasteiger partial charge in [0.25, 0.3) is 0 Å². The summed E-state index contributed by atoms with van der Waals surface area (Å²) >= 11 is 0. The summed E-state index contributed by atoms with van der Waals surface area (Å²) in [5, 5.41) is 3.47. The van der Waals surface area contributed by atoms with Crippen molar-refractivity contribution in [3.8, 4) is 11.4 Å². The molecule has 0 atom stereocenters. The quantitative estimate of drug-likeness (QED) is 0.438. The van der Waals surface area contributed by atoms with Gasteiger partial charge in [0.15, 0.2) is 0 Å². The third-order valence-corrected chi connectivity index (χ3v) is 1.87. The highest BCUT2D eigenvalue weighted by atomic mass is 19.1. The fourth-order valence-electron chi connectivity index (χ4n) is 1.13. The van der Waals surface area contributed by atoms with E-state index in [9.17, 15) is 9.18 Å². The molecule has 0 radical (unpaired) electrons. The number of hydrogen-bond acceptors (Lipinski definition) is 5. The topological polar surface area (TPSA) is 94.0 Å². The van der Waals surface area contributed by atoms with E-state index in [4.69, 9.17) is 5.84 Å². The number of carbonyl (C=O) groups is 1. The Bertz CT molecular complexity index is 526. The van der Waals surface area contributed by atoms with Crippen LogP contribution in [0, 0.1) is 5.82 Å². The Morgan fingerprint density at radius 1 is 1.44 bits per heavy atom. The first-order chi connectivity index (χ1) is 7.72. The van der Waals surface area contributed by atoms with Crippen LogP contribution in [0.2, 0.25) is 0 Å². The van der Waals surface area contributed by atoms with E-state index in [0.29, 0.717) is 0 Å². The molecule has 2 rings (SSSR count). The van der Waals surface area contributed by atoms with Gasteiger partial charge in [-0.25, -0.2) is 10.2 Å². The van der Waals surface area contributed by atoms with Gasteiger partial charge in [0.05, 0.1) is 5.56 Å². The number of carbonyl (C=O) groups excluding carboxylic acids is 1. The first-order valence-electron chi connectivity index (χ1n) is 4.32. The molecule has 3 N–H and O–H groups in total. The fraction of sp³-hybridized carbons (Fsp3) is 0. The zero-order valence-corrected chi connectivity index (χ0v) is 7.98. The first-order valence-corrected chi connectivity index (χ1v) is 4.32. The highest BCUT2D eigenvalue weighted by Gasteiger charge is 2.16. The standard InChI is InChI=1S/C9H7FN4O2/c10-6-4-2-1-3-5(6)7-12-9(16-14-7)8(15)13-11/h1-4H,11H2,(H,13,15). The van der Waals surface area contributed by atoms with Crippen LogP contribution in [0.4, 0.5) is 4.39 Å². The number of nitrogens with one attached hydrogen (secondary N) is 1. The highest BCUT2D eigenvalue weighted by molar-refractivity contribution is 5.89. The van der Waals surface area contributed by atoms with Crippen LogP contribution in [0.25, 0.3) is 11.4 Å². The Morgan fingerprint density at radius 3 is 2.88 bits per heavy atom. The molecular weight excluding hydrogens is 215 g/mol. The molecule has 1 aromatic carbocycles. The number of hydrazine groups is 1. The highest BCUT2D eigenvalue weighted by Crippen LogP contribution is 2.18. The monoisotopic (exact) mass is 222 g/mol. The van der Waals surface area contributed by atoms with Crippen molar-refractivity contribution in [1.29, 1.82) is 0 Å². The number of benzene rings is 1. The molecule has 1 aromatic heterocycles. The van der Waals surface area contributed by atoms with Crippen molar-refractivity contribution in [2.24, 2.45) is 5.84 Å². The Kier molecular flexibility index (Phi) is 2.61. The van der Waals surface area contributed by atoms with Gasteiger partial charge in [-0.3, -0.25) is 10.2 Å². The molecule has 0 bridgehead atoms. The second kappa shape index (κ2) is 4.07. The second-order valence-corrected chi connectivity index (χ2v) is 2.88. The molecule has 6 nitrogen and oxygen atoms in total. The Balaban J connectivity index is 2.39. The average molecular weight is 222 g/mol. The normalized spacial score (nSPS) is 10.1. The minimum absolute atomic E-state index is 0.00306. The zero-order chi connectivity index (χ0) is 11.5. The molecule has 0 unspecified atom stereocenters. The number of hydrogen-bond donors (Lipinski definition) is 2. The number of nitrogen functional groups attached to an aromatic ring is 1. The van der Waals surface area contributed by atoms with Crippen molar-refractivity contribution in [3.63, 3.8) is 0 Å². The van der Waals surface area contributed by atoms with E-state index in [-0.39, 0.29) is 17.3 Å². The minimum Gasteiger partial charge on any atom is -0.328 e. The van der Waals surface area contributed by atoms with E-state index in [1.165, 1.54) is 18.2 Å². The first kappa shape index (κ1) is 10.2. The third-order valence-electron chi connectivity index (χ3n) is 1.87. The van der Waals surface area contributed by atoms with Crippen LogP contribution in [-0.4, -0.2) is 16.0 Å². The van der Waals surface area contributed by atoms with Crippen molar-refractivity contribution < 1.29 is 13.7 Å². The van der Waals surface area contributed by atoms with Gasteiger partial charge in [0.2, 0.25) is 5.82 Å². The summed E-state index contributed by atoms with van der Waals surface area (Å²) in [5.41, 5.74) is 1.99. The SMILES string of the molecule is NNC(=O)c1nc(-c2ccccc2F)no1. The fourth-order valence-corrected chi connectivity index (χ4v) is 1.13. The number of amides is 1. The molecule has 2 aromatic rings. The van der Waals surface area contributed by atoms with Crippen molar-refractivity contribution in [3.05, 3.63) is 36.0 Å². The molecule has 1 amide bonds.